The number of amides is 1. The lowest BCUT2D eigenvalue weighted by molar-refractivity contribution is -0.120. The number of benzene rings is 3. The lowest BCUT2D eigenvalue weighted by Gasteiger charge is -2.27. The van der Waals surface area contributed by atoms with Crippen molar-refractivity contribution in [2.24, 2.45) is 5.92 Å². The van der Waals surface area contributed by atoms with Gasteiger partial charge >= 0.3 is 0 Å². The molecule has 36 heavy (non-hydrogen) atoms. The van der Waals surface area contributed by atoms with E-state index in [0.717, 1.165) is 9.87 Å². The molecule has 0 saturated carbocycles. The second-order valence-corrected chi connectivity index (χ2v) is 11.0. The first-order chi connectivity index (χ1) is 17.1. The molecule has 3 rings (SSSR count). The normalized spacial score (nSPS) is 12.2. The number of halogens is 1. The Morgan fingerprint density at radius 1 is 0.889 bits per heavy atom. The van der Waals surface area contributed by atoms with Crippen LogP contribution in [-0.4, -0.2) is 35.1 Å². The average molecular weight is 531 g/mol. The Hall–Kier alpha value is -3.23. The summed E-state index contributed by atoms with van der Waals surface area (Å²) in [6.07, 6.45) is 0.685. The third-order valence-electron chi connectivity index (χ3n) is 5.61. The summed E-state index contributed by atoms with van der Waals surface area (Å²) in [4.78, 5) is 13.3. The smallest absolute Gasteiger partial charge is 0.264 e. The summed E-state index contributed by atoms with van der Waals surface area (Å²) in [6, 6.07) is 19.5. The Morgan fingerprint density at radius 3 is 1.92 bits per heavy atom. The summed E-state index contributed by atoms with van der Waals surface area (Å²) in [5.41, 5.74) is 1.24. The van der Waals surface area contributed by atoms with Crippen molar-refractivity contribution in [3.8, 4) is 11.5 Å². The molecule has 0 aliphatic carbocycles. The highest BCUT2D eigenvalue weighted by molar-refractivity contribution is 7.92. The molecule has 7 nitrogen and oxygen atoms in total. The van der Waals surface area contributed by atoms with E-state index in [-0.39, 0.29) is 10.9 Å². The molecule has 0 aliphatic heterocycles. The second-order valence-electron chi connectivity index (χ2n) is 8.69. The molecule has 1 unspecified atom stereocenters. The van der Waals surface area contributed by atoms with Gasteiger partial charge in [0.15, 0.2) is 0 Å². The van der Waals surface area contributed by atoms with Gasteiger partial charge in [-0.2, -0.15) is 0 Å². The number of nitrogens with one attached hydrogen (secondary N) is 1. The van der Waals surface area contributed by atoms with E-state index in [1.54, 1.807) is 43.5 Å². The number of rotatable bonds is 11. The zero-order valence-electron chi connectivity index (χ0n) is 20.8. The first-order valence-electron chi connectivity index (χ1n) is 11.5. The van der Waals surface area contributed by atoms with Gasteiger partial charge < -0.3 is 14.8 Å². The van der Waals surface area contributed by atoms with Crippen molar-refractivity contribution in [3.05, 3.63) is 83.4 Å². The maximum atomic E-state index is 13.6. The molecule has 0 aromatic heterocycles. The van der Waals surface area contributed by atoms with Crippen molar-refractivity contribution in [2.45, 2.75) is 31.2 Å². The second kappa shape index (κ2) is 12.1. The third kappa shape index (κ3) is 6.92. The maximum Gasteiger partial charge on any atom is 0.264 e. The molecule has 1 N–H and O–H groups in total. The Balaban J connectivity index is 1.91. The van der Waals surface area contributed by atoms with Crippen LogP contribution < -0.4 is 19.1 Å². The summed E-state index contributed by atoms with van der Waals surface area (Å²) in [7, 11) is -0.964. The summed E-state index contributed by atoms with van der Waals surface area (Å²) >= 11 is 6.02. The summed E-state index contributed by atoms with van der Waals surface area (Å²) in [6.45, 7) is 3.73. The maximum absolute atomic E-state index is 13.6. The summed E-state index contributed by atoms with van der Waals surface area (Å²) < 4.78 is 38.7. The van der Waals surface area contributed by atoms with Crippen LogP contribution in [0.4, 0.5) is 5.69 Å². The third-order valence-corrected chi connectivity index (χ3v) is 7.65. The number of nitrogens with zero attached hydrogens (tertiary/aromatic N) is 1. The van der Waals surface area contributed by atoms with Crippen molar-refractivity contribution in [2.75, 3.05) is 25.1 Å². The van der Waals surface area contributed by atoms with Gasteiger partial charge in [0.25, 0.3) is 10.0 Å². The van der Waals surface area contributed by atoms with Crippen molar-refractivity contribution < 1.29 is 22.7 Å². The van der Waals surface area contributed by atoms with Crippen LogP contribution in [0.3, 0.4) is 0 Å². The number of carbonyl (C=O) groups excluding carboxylic acids is 1. The molecule has 192 valence electrons. The molecule has 0 saturated heterocycles. The molecule has 1 amide bonds. The van der Waals surface area contributed by atoms with Crippen LogP contribution in [0.2, 0.25) is 5.02 Å². The first kappa shape index (κ1) is 27.4. The zero-order chi connectivity index (χ0) is 26.3. The van der Waals surface area contributed by atoms with Crippen molar-refractivity contribution in [1.82, 2.24) is 5.32 Å². The van der Waals surface area contributed by atoms with Gasteiger partial charge in [0.1, 0.15) is 18.0 Å². The average Bonchev–Trinajstić information content (AvgIpc) is 2.87. The van der Waals surface area contributed by atoms with Gasteiger partial charge in [0.2, 0.25) is 5.91 Å². The van der Waals surface area contributed by atoms with Gasteiger partial charge in [-0.1, -0.05) is 37.6 Å². The zero-order valence-corrected chi connectivity index (χ0v) is 22.3. The largest absolute Gasteiger partial charge is 0.497 e. The Labute approximate surface area is 218 Å². The topological polar surface area (TPSA) is 84.9 Å². The quantitative estimate of drug-likeness (QED) is 0.356. The lowest BCUT2D eigenvalue weighted by Crippen LogP contribution is -2.42. The van der Waals surface area contributed by atoms with E-state index >= 15 is 0 Å². The van der Waals surface area contributed by atoms with Crippen LogP contribution in [0.1, 0.15) is 31.9 Å². The molecular weight excluding hydrogens is 500 g/mol. The molecule has 0 spiro atoms. The fourth-order valence-corrected chi connectivity index (χ4v) is 5.30. The van der Waals surface area contributed by atoms with Gasteiger partial charge in [-0.3, -0.25) is 9.10 Å². The highest BCUT2D eigenvalue weighted by Crippen LogP contribution is 2.27. The molecule has 0 fully saturated rings. The minimum atomic E-state index is -4.06. The Bertz CT molecular complexity index is 1240. The van der Waals surface area contributed by atoms with Crippen LogP contribution in [0, 0.1) is 5.92 Å². The molecule has 0 radical (unpaired) electrons. The number of carbonyl (C=O) groups is 1. The molecule has 1 atom stereocenters. The van der Waals surface area contributed by atoms with Crippen molar-refractivity contribution >= 4 is 33.2 Å². The summed E-state index contributed by atoms with van der Waals surface area (Å²) in [5, 5.41) is 3.48. The van der Waals surface area contributed by atoms with Crippen molar-refractivity contribution in [1.29, 1.82) is 0 Å². The fraction of sp³-hybridized carbons (Fsp3) is 0.296. The molecular formula is C27H31ClN2O5S. The predicted octanol–water partition coefficient (Wildman–Crippen LogP) is 5.46. The number of hydrogen-bond acceptors (Lipinski definition) is 5. The van der Waals surface area contributed by atoms with E-state index in [0.29, 0.717) is 34.5 Å². The van der Waals surface area contributed by atoms with E-state index in [9.17, 15) is 13.2 Å². The minimum absolute atomic E-state index is 0.0416. The molecule has 0 bridgehead atoms. The Morgan fingerprint density at radius 2 is 1.42 bits per heavy atom. The van der Waals surface area contributed by atoms with Gasteiger partial charge in [-0.25, -0.2) is 8.42 Å². The minimum Gasteiger partial charge on any atom is -0.497 e. The van der Waals surface area contributed by atoms with Crippen LogP contribution >= 0.6 is 11.6 Å². The molecule has 9 heteroatoms. The SMILES string of the molecule is COc1ccc(C(CC(C)C)NC(=O)CN(c2ccc(Cl)cc2)S(=O)(=O)c2ccc(OC)cc2)cc1. The molecule has 3 aromatic rings. The Kier molecular flexibility index (Phi) is 9.23. The molecule has 0 heterocycles. The summed E-state index contributed by atoms with van der Waals surface area (Å²) in [5.74, 6) is 1.12. The van der Waals surface area contributed by atoms with E-state index < -0.39 is 22.5 Å². The number of sulfonamides is 1. The predicted molar refractivity (Wildman–Crippen MR) is 142 cm³/mol. The lowest BCUT2D eigenvalue weighted by atomic mass is 9.97. The van der Waals surface area contributed by atoms with Crippen LogP contribution in [0.25, 0.3) is 0 Å². The number of hydrogen-bond donors (Lipinski definition) is 1. The standard InChI is InChI=1S/C27H31ClN2O5S/c1-19(2)17-26(20-5-11-23(34-3)12-6-20)29-27(31)18-30(22-9-7-21(28)8-10-22)36(32,33)25-15-13-24(35-4)14-16-25/h5-16,19,26H,17-18H2,1-4H3,(H,29,31). The van der Waals surface area contributed by atoms with E-state index in [1.807, 2.05) is 24.3 Å². The highest BCUT2D eigenvalue weighted by Gasteiger charge is 2.28. The van der Waals surface area contributed by atoms with E-state index in [1.165, 1.54) is 19.2 Å². The van der Waals surface area contributed by atoms with Crippen LogP contribution in [-0.2, 0) is 14.8 Å². The molecule has 3 aromatic carbocycles. The number of anilines is 1. The number of methoxy groups -OCH3 is 2. The van der Waals surface area contributed by atoms with E-state index in [4.69, 9.17) is 21.1 Å². The van der Waals surface area contributed by atoms with Crippen LogP contribution in [0.5, 0.6) is 11.5 Å². The van der Waals surface area contributed by atoms with Gasteiger partial charge in [-0.15, -0.1) is 0 Å². The van der Waals surface area contributed by atoms with E-state index in [2.05, 4.69) is 19.2 Å². The highest BCUT2D eigenvalue weighted by atomic mass is 35.5. The first-order valence-corrected chi connectivity index (χ1v) is 13.3. The van der Waals surface area contributed by atoms with Gasteiger partial charge in [0.05, 0.1) is 30.8 Å². The van der Waals surface area contributed by atoms with Crippen LogP contribution in [0.15, 0.2) is 77.7 Å². The van der Waals surface area contributed by atoms with Crippen molar-refractivity contribution in [3.63, 3.8) is 0 Å². The monoisotopic (exact) mass is 530 g/mol. The molecule has 0 aliphatic rings. The van der Waals surface area contributed by atoms with Gasteiger partial charge in [-0.05, 0) is 78.6 Å². The van der Waals surface area contributed by atoms with Gasteiger partial charge in [0, 0.05) is 5.02 Å². The number of ether oxygens (including phenoxy) is 2. The fourth-order valence-electron chi connectivity index (χ4n) is 3.75.